The van der Waals surface area contributed by atoms with Crippen molar-refractivity contribution < 1.29 is 0 Å². The molecule has 1 N–H and O–H groups in total. The summed E-state index contributed by atoms with van der Waals surface area (Å²) in [7, 11) is 0. The van der Waals surface area contributed by atoms with Gasteiger partial charge in [0.05, 0.1) is 0 Å². The maximum Gasteiger partial charge on any atom is 0.224 e. The van der Waals surface area contributed by atoms with Gasteiger partial charge in [0, 0.05) is 44.6 Å². The number of hydrogen-bond donors (Lipinski definition) is 1. The molecule has 5 nitrogen and oxygen atoms in total. The number of nitrogens with zero attached hydrogens (tertiary/aromatic N) is 4. The number of allylic oxidation sites excluding steroid dienone is 1. The fourth-order valence-corrected chi connectivity index (χ4v) is 4.10. The molecule has 2 heterocycles. The van der Waals surface area contributed by atoms with E-state index in [2.05, 4.69) is 57.4 Å². The maximum atomic E-state index is 4.76. The zero-order chi connectivity index (χ0) is 19.2. The van der Waals surface area contributed by atoms with E-state index in [9.17, 15) is 0 Å². The first-order valence-electron chi connectivity index (χ1n) is 10.6. The predicted molar refractivity (Wildman–Crippen MR) is 117 cm³/mol. The number of aromatic nitrogens is 2. The largest absolute Gasteiger partial charge is 0.368 e. The van der Waals surface area contributed by atoms with E-state index in [1.807, 2.05) is 12.3 Å². The van der Waals surface area contributed by atoms with Crippen LogP contribution in [0, 0.1) is 6.92 Å². The van der Waals surface area contributed by atoms with E-state index in [4.69, 9.17) is 4.98 Å². The normalized spacial score (nSPS) is 17.4. The first kappa shape index (κ1) is 18.8. The Balaban J connectivity index is 1.30. The highest BCUT2D eigenvalue weighted by Gasteiger charge is 2.18. The van der Waals surface area contributed by atoms with Crippen molar-refractivity contribution in [1.82, 2.24) is 9.97 Å². The van der Waals surface area contributed by atoms with Crippen LogP contribution in [0.1, 0.15) is 37.7 Å². The van der Waals surface area contributed by atoms with Crippen LogP contribution < -0.4 is 15.1 Å². The fraction of sp³-hybridized carbons (Fsp3) is 0.478. The summed E-state index contributed by atoms with van der Waals surface area (Å²) in [4.78, 5) is 14.0. The van der Waals surface area contributed by atoms with E-state index in [0.717, 1.165) is 50.9 Å². The molecule has 28 heavy (non-hydrogen) atoms. The summed E-state index contributed by atoms with van der Waals surface area (Å²) in [6.07, 6.45) is 10.6. The highest BCUT2D eigenvalue weighted by atomic mass is 15.3. The van der Waals surface area contributed by atoms with E-state index in [1.165, 1.54) is 36.9 Å². The number of hydrogen-bond acceptors (Lipinski definition) is 5. The lowest BCUT2D eigenvalue weighted by atomic mass is 9.97. The highest BCUT2D eigenvalue weighted by molar-refractivity contribution is 5.51. The van der Waals surface area contributed by atoms with Crippen LogP contribution in [0.25, 0.3) is 0 Å². The van der Waals surface area contributed by atoms with Gasteiger partial charge in [-0.1, -0.05) is 23.8 Å². The second kappa shape index (κ2) is 9.09. The minimum absolute atomic E-state index is 0.745. The van der Waals surface area contributed by atoms with Gasteiger partial charge in [0.15, 0.2) is 0 Å². The van der Waals surface area contributed by atoms with Gasteiger partial charge in [0.2, 0.25) is 5.95 Å². The predicted octanol–water partition coefficient (Wildman–Crippen LogP) is 4.41. The van der Waals surface area contributed by atoms with Gasteiger partial charge in [0.1, 0.15) is 5.82 Å². The Morgan fingerprint density at radius 1 is 1.04 bits per heavy atom. The highest BCUT2D eigenvalue weighted by Crippen LogP contribution is 2.22. The van der Waals surface area contributed by atoms with Crippen molar-refractivity contribution in [3.05, 3.63) is 53.7 Å². The van der Waals surface area contributed by atoms with Crippen molar-refractivity contribution in [2.24, 2.45) is 0 Å². The molecule has 0 radical (unpaired) electrons. The third kappa shape index (κ3) is 4.83. The SMILES string of the molecule is Cc1cccc(N2CCN(c3ccnc(NCCC4=CCCCC4)n3)CC2)c1. The molecule has 2 aromatic rings. The van der Waals surface area contributed by atoms with Crippen molar-refractivity contribution in [3.63, 3.8) is 0 Å². The Morgan fingerprint density at radius 3 is 2.68 bits per heavy atom. The number of nitrogens with one attached hydrogen (secondary N) is 1. The summed E-state index contributed by atoms with van der Waals surface area (Å²) in [5, 5.41) is 3.41. The van der Waals surface area contributed by atoms with Crippen LogP contribution in [0.15, 0.2) is 48.2 Å². The van der Waals surface area contributed by atoms with Crippen molar-refractivity contribution in [2.75, 3.05) is 47.8 Å². The number of anilines is 3. The second-order valence-electron chi connectivity index (χ2n) is 7.84. The molecular weight excluding hydrogens is 346 g/mol. The molecular formula is C23H31N5. The number of aryl methyl sites for hydroxylation is 1. The molecule has 0 unspecified atom stereocenters. The van der Waals surface area contributed by atoms with Gasteiger partial charge in [-0.25, -0.2) is 4.98 Å². The molecule has 2 aliphatic rings. The molecule has 4 rings (SSSR count). The van der Waals surface area contributed by atoms with Crippen LogP contribution >= 0.6 is 0 Å². The minimum Gasteiger partial charge on any atom is -0.368 e. The van der Waals surface area contributed by atoms with Gasteiger partial charge >= 0.3 is 0 Å². The van der Waals surface area contributed by atoms with Crippen LogP contribution in [0.4, 0.5) is 17.5 Å². The molecule has 1 aromatic heterocycles. The third-order valence-corrected chi connectivity index (χ3v) is 5.73. The van der Waals surface area contributed by atoms with Gasteiger partial charge in [-0.15, -0.1) is 0 Å². The van der Waals surface area contributed by atoms with Crippen LogP contribution in [-0.2, 0) is 0 Å². The first-order valence-corrected chi connectivity index (χ1v) is 10.6. The molecule has 5 heteroatoms. The molecule has 0 saturated carbocycles. The Labute approximate surface area is 168 Å². The second-order valence-corrected chi connectivity index (χ2v) is 7.84. The smallest absolute Gasteiger partial charge is 0.224 e. The first-order chi connectivity index (χ1) is 13.8. The topological polar surface area (TPSA) is 44.3 Å². The van der Waals surface area contributed by atoms with Crippen LogP contribution in [-0.4, -0.2) is 42.7 Å². The minimum atomic E-state index is 0.745. The standard InChI is InChI=1S/C23H31N5/c1-19-6-5-9-21(18-19)27-14-16-28(17-15-27)22-11-13-25-23(26-22)24-12-10-20-7-3-2-4-8-20/h5-7,9,11,13,18H,2-4,8,10,12,14-17H2,1H3,(H,24,25,26). The van der Waals surface area contributed by atoms with Gasteiger partial charge < -0.3 is 15.1 Å². The van der Waals surface area contributed by atoms with Crippen molar-refractivity contribution in [1.29, 1.82) is 0 Å². The summed E-state index contributed by atoms with van der Waals surface area (Å²) in [6, 6.07) is 10.8. The average Bonchev–Trinajstić information content (AvgIpc) is 2.75. The van der Waals surface area contributed by atoms with Crippen LogP contribution in [0.3, 0.4) is 0 Å². The summed E-state index contributed by atoms with van der Waals surface area (Å²) in [6.45, 7) is 7.07. The van der Waals surface area contributed by atoms with Crippen LogP contribution in [0.2, 0.25) is 0 Å². The molecule has 1 aromatic carbocycles. The Bertz CT molecular complexity index is 808. The summed E-state index contributed by atoms with van der Waals surface area (Å²) in [5.41, 5.74) is 4.22. The zero-order valence-corrected chi connectivity index (χ0v) is 16.9. The molecule has 1 fully saturated rings. The van der Waals surface area contributed by atoms with E-state index in [1.54, 1.807) is 5.57 Å². The van der Waals surface area contributed by atoms with E-state index in [-0.39, 0.29) is 0 Å². The molecule has 0 atom stereocenters. The summed E-state index contributed by atoms with van der Waals surface area (Å²) < 4.78 is 0. The summed E-state index contributed by atoms with van der Waals surface area (Å²) >= 11 is 0. The van der Waals surface area contributed by atoms with E-state index < -0.39 is 0 Å². The van der Waals surface area contributed by atoms with Gasteiger partial charge in [-0.05, 0) is 62.8 Å². The van der Waals surface area contributed by atoms with Gasteiger partial charge in [0.25, 0.3) is 0 Å². The average molecular weight is 378 g/mol. The Morgan fingerprint density at radius 2 is 1.89 bits per heavy atom. The number of rotatable bonds is 6. The zero-order valence-electron chi connectivity index (χ0n) is 16.9. The van der Waals surface area contributed by atoms with Crippen molar-refractivity contribution in [2.45, 2.75) is 39.0 Å². The lowest BCUT2D eigenvalue weighted by Crippen LogP contribution is -2.46. The molecule has 148 valence electrons. The fourth-order valence-electron chi connectivity index (χ4n) is 4.10. The molecule has 1 aliphatic carbocycles. The lowest BCUT2D eigenvalue weighted by molar-refractivity contribution is 0.646. The molecule has 0 bridgehead atoms. The molecule has 1 saturated heterocycles. The molecule has 1 aliphatic heterocycles. The monoisotopic (exact) mass is 377 g/mol. The maximum absolute atomic E-state index is 4.76. The van der Waals surface area contributed by atoms with Crippen molar-refractivity contribution in [3.8, 4) is 0 Å². The van der Waals surface area contributed by atoms with Crippen LogP contribution in [0.5, 0.6) is 0 Å². The van der Waals surface area contributed by atoms with E-state index >= 15 is 0 Å². The summed E-state index contributed by atoms with van der Waals surface area (Å²) in [5.74, 6) is 1.77. The molecule has 0 spiro atoms. The lowest BCUT2D eigenvalue weighted by Gasteiger charge is -2.36. The number of benzene rings is 1. The van der Waals surface area contributed by atoms with Crippen molar-refractivity contribution >= 4 is 17.5 Å². The third-order valence-electron chi connectivity index (χ3n) is 5.73. The Hall–Kier alpha value is -2.56. The van der Waals surface area contributed by atoms with E-state index in [0.29, 0.717) is 0 Å². The quantitative estimate of drug-likeness (QED) is 0.755. The Kier molecular flexibility index (Phi) is 6.10. The molecule has 0 amide bonds. The number of piperazine rings is 1. The van der Waals surface area contributed by atoms with Gasteiger partial charge in [-0.2, -0.15) is 4.98 Å². The van der Waals surface area contributed by atoms with Gasteiger partial charge in [-0.3, -0.25) is 0 Å².